The average Bonchev–Trinajstić information content (AvgIpc) is 2.53. The molecule has 0 spiro atoms. The van der Waals surface area contributed by atoms with Gasteiger partial charge in [0.2, 0.25) is 0 Å². The lowest BCUT2D eigenvalue weighted by Crippen LogP contribution is -2.18. The highest BCUT2D eigenvalue weighted by Crippen LogP contribution is 2.34. The highest BCUT2D eigenvalue weighted by atomic mass is 79.9. The Morgan fingerprint density at radius 3 is 2.42 bits per heavy atom. The van der Waals surface area contributed by atoms with Gasteiger partial charge in [0, 0.05) is 16.6 Å². The summed E-state index contributed by atoms with van der Waals surface area (Å²) < 4.78 is 1.24. The maximum Gasteiger partial charge on any atom is 0.171 e. The Hall–Kier alpha value is -1.57. The van der Waals surface area contributed by atoms with Crippen molar-refractivity contribution in [2.75, 3.05) is 0 Å². The van der Waals surface area contributed by atoms with Crippen molar-refractivity contribution in [3.05, 3.63) is 56.0 Å². The number of nitrogens with one attached hydrogen (secondary N) is 1. The second-order valence-corrected chi connectivity index (χ2v) is 7.29. The van der Waals surface area contributed by atoms with E-state index in [1.54, 1.807) is 24.3 Å². The first-order chi connectivity index (χ1) is 11.3. The van der Waals surface area contributed by atoms with Crippen molar-refractivity contribution in [2.45, 2.75) is 13.5 Å². The number of rotatable bonds is 4. The molecule has 2 aromatic carbocycles. The van der Waals surface area contributed by atoms with Crippen molar-refractivity contribution in [3.63, 3.8) is 0 Å². The first kappa shape index (κ1) is 18.8. The van der Waals surface area contributed by atoms with Crippen molar-refractivity contribution >= 4 is 55.1 Å². The van der Waals surface area contributed by atoms with Crippen LogP contribution in [0.2, 0.25) is 0 Å². The van der Waals surface area contributed by atoms with Crippen LogP contribution in [0.3, 0.4) is 0 Å². The molecule has 0 unspecified atom stereocenters. The maximum absolute atomic E-state index is 9.82. The molecule has 7 heteroatoms. The second kappa shape index (κ2) is 8.00. The zero-order valence-electron chi connectivity index (χ0n) is 12.7. The van der Waals surface area contributed by atoms with Crippen molar-refractivity contribution in [1.29, 1.82) is 0 Å². The van der Waals surface area contributed by atoms with Crippen molar-refractivity contribution in [3.8, 4) is 17.2 Å². The van der Waals surface area contributed by atoms with Crippen LogP contribution < -0.4 is 5.32 Å². The first-order valence-corrected chi connectivity index (χ1v) is 8.92. The van der Waals surface area contributed by atoms with E-state index in [1.807, 2.05) is 13.0 Å². The summed E-state index contributed by atoms with van der Waals surface area (Å²) in [6.07, 6.45) is 3.42. The van der Waals surface area contributed by atoms with Crippen LogP contribution in [0.4, 0.5) is 0 Å². The molecule has 0 saturated heterocycles. The van der Waals surface area contributed by atoms with Gasteiger partial charge in [0.25, 0.3) is 0 Å². The minimum atomic E-state index is -0.206. The Morgan fingerprint density at radius 1 is 1.08 bits per heavy atom. The monoisotopic (exact) mass is 471 g/mol. The Labute approximate surface area is 162 Å². The van der Waals surface area contributed by atoms with Crippen LogP contribution in [0, 0.1) is 6.92 Å². The number of halogens is 2. The molecule has 0 atom stereocenters. The summed E-state index contributed by atoms with van der Waals surface area (Å²) in [7, 11) is 0. The molecular formula is C17H15Br2NO3S. The molecule has 2 rings (SSSR count). The van der Waals surface area contributed by atoms with Crippen molar-refractivity contribution < 1.29 is 15.3 Å². The van der Waals surface area contributed by atoms with Gasteiger partial charge < -0.3 is 20.6 Å². The standard InChI is InChI=1S/C17H15Br2NO3S/c1-9-12(18)5-11(7-14(9)21)8-20-16(24)3-2-10-4-13(19)17(23)15(22)6-10/h2-7,21-23H,8H2,1H3,(H,20,24)/b3-2+. The average molecular weight is 473 g/mol. The van der Waals surface area contributed by atoms with Crippen LogP contribution in [0.25, 0.3) is 6.08 Å². The Morgan fingerprint density at radius 2 is 1.79 bits per heavy atom. The molecule has 0 radical (unpaired) electrons. The summed E-state index contributed by atoms with van der Waals surface area (Å²) in [5.41, 5.74) is 2.38. The highest BCUT2D eigenvalue weighted by molar-refractivity contribution is 9.10. The molecule has 0 heterocycles. The molecule has 4 N–H and O–H groups in total. The topological polar surface area (TPSA) is 72.7 Å². The Balaban J connectivity index is 2.01. The van der Waals surface area contributed by atoms with Gasteiger partial charge in [-0.15, -0.1) is 0 Å². The van der Waals surface area contributed by atoms with Gasteiger partial charge in [0.15, 0.2) is 11.5 Å². The Bertz CT molecular complexity index is 775. The smallest absolute Gasteiger partial charge is 0.171 e. The molecule has 4 nitrogen and oxygen atoms in total. The summed E-state index contributed by atoms with van der Waals surface area (Å²) >= 11 is 11.8. The summed E-state index contributed by atoms with van der Waals surface area (Å²) in [5, 5.41) is 32.0. The van der Waals surface area contributed by atoms with E-state index >= 15 is 0 Å². The predicted octanol–water partition coefficient (Wildman–Crippen LogP) is 4.77. The van der Waals surface area contributed by atoms with Crippen molar-refractivity contribution in [1.82, 2.24) is 5.32 Å². The van der Waals surface area contributed by atoms with Crippen LogP contribution in [-0.4, -0.2) is 20.3 Å². The lowest BCUT2D eigenvalue weighted by molar-refractivity contribution is 0.401. The largest absolute Gasteiger partial charge is 0.508 e. The van der Waals surface area contributed by atoms with E-state index < -0.39 is 0 Å². The van der Waals surface area contributed by atoms with E-state index in [-0.39, 0.29) is 17.2 Å². The van der Waals surface area contributed by atoms with Crippen molar-refractivity contribution in [2.24, 2.45) is 0 Å². The highest BCUT2D eigenvalue weighted by Gasteiger charge is 2.06. The van der Waals surface area contributed by atoms with E-state index in [2.05, 4.69) is 37.2 Å². The third-order valence-corrected chi connectivity index (χ3v) is 5.04. The molecule has 2 aromatic rings. The predicted molar refractivity (Wildman–Crippen MR) is 106 cm³/mol. The Kier molecular flexibility index (Phi) is 6.26. The first-order valence-electron chi connectivity index (χ1n) is 6.93. The number of hydrogen-bond acceptors (Lipinski definition) is 4. The molecule has 0 fully saturated rings. The molecule has 0 aromatic heterocycles. The molecule has 24 heavy (non-hydrogen) atoms. The van der Waals surface area contributed by atoms with Gasteiger partial charge in [-0.05, 0) is 64.3 Å². The molecule has 0 aliphatic carbocycles. The number of hydrogen-bond donors (Lipinski definition) is 4. The molecule has 0 aliphatic heterocycles. The third kappa shape index (κ3) is 4.72. The van der Waals surface area contributed by atoms with Crippen LogP contribution in [-0.2, 0) is 6.54 Å². The summed E-state index contributed by atoms with van der Waals surface area (Å²) in [6.45, 7) is 2.30. The van der Waals surface area contributed by atoms with Gasteiger partial charge in [0.1, 0.15) is 5.75 Å². The zero-order chi connectivity index (χ0) is 17.9. The number of thiocarbonyl (C=S) groups is 1. The maximum atomic E-state index is 9.82. The quantitative estimate of drug-likeness (QED) is 0.293. The van der Waals surface area contributed by atoms with Crippen LogP contribution >= 0.6 is 44.1 Å². The zero-order valence-corrected chi connectivity index (χ0v) is 16.7. The van der Waals surface area contributed by atoms with E-state index in [1.165, 1.54) is 6.07 Å². The normalized spacial score (nSPS) is 11.0. The minimum Gasteiger partial charge on any atom is -0.508 e. The summed E-state index contributed by atoms with van der Waals surface area (Å²) in [4.78, 5) is 0.509. The van der Waals surface area contributed by atoms with Crippen LogP contribution in [0.1, 0.15) is 16.7 Å². The van der Waals surface area contributed by atoms with E-state index in [0.717, 1.165) is 15.6 Å². The fraction of sp³-hybridized carbons (Fsp3) is 0.118. The molecule has 0 bridgehead atoms. The van der Waals surface area contributed by atoms with Crippen LogP contribution in [0.5, 0.6) is 17.2 Å². The molecule has 0 saturated carbocycles. The summed E-state index contributed by atoms with van der Waals surface area (Å²) in [5.74, 6) is -0.174. The number of aromatic hydroxyl groups is 3. The number of phenols is 3. The fourth-order valence-corrected chi connectivity index (χ4v) is 3.05. The van der Waals surface area contributed by atoms with Gasteiger partial charge in [-0.2, -0.15) is 0 Å². The summed E-state index contributed by atoms with van der Waals surface area (Å²) in [6, 6.07) is 6.72. The number of benzene rings is 2. The lowest BCUT2D eigenvalue weighted by atomic mass is 10.1. The van der Waals surface area contributed by atoms with E-state index in [4.69, 9.17) is 12.2 Å². The fourth-order valence-electron chi connectivity index (χ4n) is 1.94. The molecule has 0 aliphatic rings. The lowest BCUT2D eigenvalue weighted by Gasteiger charge is -2.08. The van der Waals surface area contributed by atoms with E-state index in [0.29, 0.717) is 21.6 Å². The third-order valence-electron chi connectivity index (χ3n) is 3.34. The molecule has 0 amide bonds. The van der Waals surface area contributed by atoms with Gasteiger partial charge >= 0.3 is 0 Å². The SMILES string of the molecule is Cc1c(O)cc(CNC(=S)/C=C/c2cc(O)c(O)c(Br)c2)cc1Br. The molecular weight excluding hydrogens is 458 g/mol. The van der Waals surface area contributed by atoms with Crippen LogP contribution in [0.15, 0.2) is 39.3 Å². The van der Waals surface area contributed by atoms with Gasteiger partial charge in [-0.25, -0.2) is 0 Å². The van der Waals surface area contributed by atoms with Gasteiger partial charge in [0.05, 0.1) is 9.46 Å². The molecule has 126 valence electrons. The van der Waals surface area contributed by atoms with E-state index in [9.17, 15) is 15.3 Å². The minimum absolute atomic E-state index is 0.197. The number of phenolic OH excluding ortho intramolecular Hbond substituents is 3. The van der Waals surface area contributed by atoms with Gasteiger partial charge in [-0.1, -0.05) is 34.2 Å². The van der Waals surface area contributed by atoms with Gasteiger partial charge in [-0.3, -0.25) is 0 Å². The second-order valence-electron chi connectivity index (χ2n) is 5.14.